The summed E-state index contributed by atoms with van der Waals surface area (Å²) >= 11 is 0. The van der Waals surface area contributed by atoms with Crippen molar-refractivity contribution in [3.8, 4) is 17.0 Å². The minimum atomic E-state index is -0.164. The molecular weight excluding hydrogens is 476 g/mol. The lowest BCUT2D eigenvalue weighted by atomic mass is 10.0. The van der Waals surface area contributed by atoms with Gasteiger partial charge in [0.05, 0.1) is 19.3 Å². The Morgan fingerprint density at radius 3 is 2.37 bits per heavy atom. The Morgan fingerprint density at radius 1 is 0.947 bits per heavy atom. The molecule has 1 amide bonds. The molecule has 0 spiro atoms. The highest BCUT2D eigenvalue weighted by Gasteiger charge is 2.15. The van der Waals surface area contributed by atoms with Gasteiger partial charge >= 0.3 is 0 Å². The van der Waals surface area contributed by atoms with Crippen LogP contribution in [0.25, 0.3) is 22.3 Å². The maximum Gasteiger partial charge on any atom is 0.255 e. The minimum absolute atomic E-state index is 0.164. The lowest BCUT2D eigenvalue weighted by Crippen LogP contribution is -2.12. The summed E-state index contributed by atoms with van der Waals surface area (Å²) in [5.41, 5.74) is 7.97. The van der Waals surface area contributed by atoms with Crippen molar-refractivity contribution in [3.63, 3.8) is 0 Å². The molecule has 1 N–H and O–H groups in total. The van der Waals surface area contributed by atoms with Gasteiger partial charge in [0, 0.05) is 22.2 Å². The van der Waals surface area contributed by atoms with Gasteiger partial charge in [0.15, 0.2) is 11.9 Å². The number of nitrogens with zero attached hydrogens (tertiary/aromatic N) is 3. The third kappa shape index (κ3) is 5.04. The highest BCUT2D eigenvalue weighted by Crippen LogP contribution is 2.28. The first-order valence-corrected chi connectivity index (χ1v) is 12.3. The number of pyridine rings is 1. The topological polar surface area (TPSA) is 86.1 Å². The number of rotatable bonds is 7. The zero-order chi connectivity index (χ0) is 26.8. The van der Waals surface area contributed by atoms with Crippen molar-refractivity contribution in [2.24, 2.45) is 0 Å². The fraction of sp³-hybridized carbons (Fsp3) is 0.161. The maximum atomic E-state index is 12.9. The number of anilines is 1. The summed E-state index contributed by atoms with van der Waals surface area (Å²) in [6, 6.07) is 23.0. The fourth-order valence-electron chi connectivity index (χ4n) is 4.61. The van der Waals surface area contributed by atoms with Crippen LogP contribution in [-0.2, 0) is 6.54 Å². The molecule has 0 aliphatic rings. The number of aryl methyl sites for hydroxylation is 3. The van der Waals surface area contributed by atoms with Crippen LogP contribution in [0.2, 0.25) is 0 Å². The third-order valence-electron chi connectivity index (χ3n) is 6.48. The first-order chi connectivity index (χ1) is 18.3. The quantitative estimate of drug-likeness (QED) is 0.269. The van der Waals surface area contributed by atoms with Crippen LogP contribution in [0, 0.1) is 20.8 Å². The summed E-state index contributed by atoms with van der Waals surface area (Å²) in [5, 5.41) is 8.21. The lowest BCUT2D eigenvalue weighted by Gasteiger charge is -2.12. The predicted octanol–water partition coefficient (Wildman–Crippen LogP) is 6.15. The molecule has 0 saturated heterocycles. The second-order valence-electron chi connectivity index (χ2n) is 9.44. The van der Waals surface area contributed by atoms with Crippen molar-refractivity contribution in [3.05, 3.63) is 106 Å². The number of carbonyl (C=O) groups excluding carboxylic acids is 2. The lowest BCUT2D eigenvalue weighted by molar-refractivity contribution is 0.102. The van der Waals surface area contributed by atoms with E-state index in [0.717, 1.165) is 45.5 Å². The van der Waals surface area contributed by atoms with Crippen LogP contribution < -0.4 is 10.1 Å². The Labute approximate surface area is 221 Å². The van der Waals surface area contributed by atoms with Gasteiger partial charge in [-0.05, 0) is 80.4 Å². The monoisotopic (exact) mass is 504 g/mol. The molecule has 5 rings (SSSR count). The number of fused-ring (bicyclic) bond motifs is 1. The number of amides is 1. The molecule has 7 heteroatoms. The molecule has 2 aromatic heterocycles. The number of nitrogens with one attached hydrogen (secondary N) is 1. The highest BCUT2D eigenvalue weighted by atomic mass is 16.5. The van der Waals surface area contributed by atoms with E-state index in [2.05, 4.69) is 10.4 Å². The van der Waals surface area contributed by atoms with Crippen LogP contribution in [-0.4, -0.2) is 34.1 Å². The van der Waals surface area contributed by atoms with Crippen molar-refractivity contribution in [2.45, 2.75) is 27.3 Å². The number of hydrogen-bond acceptors (Lipinski definition) is 5. The van der Waals surface area contributed by atoms with Gasteiger partial charge in [-0.2, -0.15) is 5.10 Å². The van der Waals surface area contributed by atoms with Crippen LogP contribution in [0.15, 0.2) is 72.8 Å². The predicted molar refractivity (Wildman–Crippen MR) is 149 cm³/mol. The van der Waals surface area contributed by atoms with Crippen LogP contribution in [0.5, 0.6) is 5.75 Å². The summed E-state index contributed by atoms with van der Waals surface area (Å²) < 4.78 is 6.99. The molecule has 0 radical (unpaired) electrons. The normalized spacial score (nSPS) is 10.9. The number of aromatic nitrogens is 3. The van der Waals surface area contributed by atoms with Gasteiger partial charge in [0.25, 0.3) is 5.91 Å². The fourth-order valence-corrected chi connectivity index (χ4v) is 4.61. The van der Waals surface area contributed by atoms with E-state index in [-0.39, 0.29) is 5.91 Å². The van der Waals surface area contributed by atoms with E-state index in [0.29, 0.717) is 34.5 Å². The SMILES string of the molecule is COc1ccc(Cn2nc(C=O)c3ccc(-c4cc(NC(=O)c5cc(C)cc(C)c5)ccc4C)nc32)cc1. The van der Waals surface area contributed by atoms with Crippen molar-refractivity contribution >= 4 is 28.9 Å². The first-order valence-electron chi connectivity index (χ1n) is 12.3. The molecule has 0 fully saturated rings. The van der Waals surface area contributed by atoms with Gasteiger partial charge in [-0.1, -0.05) is 35.4 Å². The molecule has 7 nitrogen and oxygen atoms in total. The third-order valence-corrected chi connectivity index (χ3v) is 6.48. The molecule has 0 bridgehead atoms. The van der Waals surface area contributed by atoms with Gasteiger partial charge < -0.3 is 10.1 Å². The Bertz CT molecular complexity index is 1650. The summed E-state index contributed by atoms with van der Waals surface area (Å²) in [4.78, 5) is 29.6. The number of hydrogen-bond donors (Lipinski definition) is 1. The maximum absolute atomic E-state index is 12.9. The van der Waals surface area contributed by atoms with Gasteiger partial charge in [0.1, 0.15) is 11.4 Å². The van der Waals surface area contributed by atoms with E-state index in [1.807, 2.05) is 93.6 Å². The number of benzene rings is 3. The average Bonchev–Trinajstić information content (AvgIpc) is 3.26. The Kier molecular flexibility index (Phi) is 6.75. The van der Waals surface area contributed by atoms with E-state index >= 15 is 0 Å². The minimum Gasteiger partial charge on any atom is -0.497 e. The van der Waals surface area contributed by atoms with E-state index in [1.165, 1.54) is 0 Å². The summed E-state index contributed by atoms with van der Waals surface area (Å²) in [6.45, 7) is 6.41. The Hall–Kier alpha value is -4.78. The highest BCUT2D eigenvalue weighted by molar-refractivity contribution is 6.05. The molecule has 5 aromatic rings. The second-order valence-corrected chi connectivity index (χ2v) is 9.44. The average molecular weight is 505 g/mol. The zero-order valence-corrected chi connectivity index (χ0v) is 21.8. The summed E-state index contributed by atoms with van der Waals surface area (Å²) in [6.07, 6.45) is 0.753. The molecule has 190 valence electrons. The zero-order valence-electron chi connectivity index (χ0n) is 21.8. The van der Waals surface area contributed by atoms with Crippen LogP contribution in [0.1, 0.15) is 43.1 Å². The van der Waals surface area contributed by atoms with Gasteiger partial charge in [0.2, 0.25) is 0 Å². The Morgan fingerprint density at radius 2 is 1.68 bits per heavy atom. The molecule has 0 atom stereocenters. The molecule has 0 unspecified atom stereocenters. The smallest absolute Gasteiger partial charge is 0.255 e. The molecule has 0 aliphatic heterocycles. The largest absolute Gasteiger partial charge is 0.497 e. The van der Waals surface area contributed by atoms with Crippen molar-refractivity contribution in [1.82, 2.24) is 14.8 Å². The first kappa shape index (κ1) is 24.9. The standard InChI is InChI=1S/C31H28N4O3/c1-19-13-20(2)15-23(14-19)31(37)32-24-8-5-21(3)27(16-24)28-12-11-26-29(18-36)34-35(30(26)33-28)17-22-6-9-25(38-4)10-7-22/h5-16,18H,17H2,1-4H3,(H,32,37). The van der Waals surface area contributed by atoms with E-state index in [9.17, 15) is 9.59 Å². The van der Waals surface area contributed by atoms with E-state index in [4.69, 9.17) is 9.72 Å². The number of aldehydes is 1. The second kappa shape index (κ2) is 10.3. The summed E-state index contributed by atoms with van der Waals surface area (Å²) in [7, 11) is 1.63. The molecule has 0 aliphatic carbocycles. The molecule has 38 heavy (non-hydrogen) atoms. The molecular formula is C31H28N4O3. The van der Waals surface area contributed by atoms with Gasteiger partial charge in [-0.25, -0.2) is 9.67 Å². The van der Waals surface area contributed by atoms with Gasteiger partial charge in [-0.3, -0.25) is 9.59 Å². The van der Waals surface area contributed by atoms with Crippen molar-refractivity contribution in [2.75, 3.05) is 12.4 Å². The van der Waals surface area contributed by atoms with E-state index in [1.54, 1.807) is 11.8 Å². The van der Waals surface area contributed by atoms with Crippen molar-refractivity contribution < 1.29 is 14.3 Å². The van der Waals surface area contributed by atoms with Crippen LogP contribution in [0.4, 0.5) is 5.69 Å². The van der Waals surface area contributed by atoms with Crippen LogP contribution in [0.3, 0.4) is 0 Å². The van der Waals surface area contributed by atoms with Crippen LogP contribution >= 0.6 is 0 Å². The van der Waals surface area contributed by atoms with Crippen molar-refractivity contribution in [1.29, 1.82) is 0 Å². The number of carbonyl (C=O) groups is 2. The number of ether oxygens (including phenoxy) is 1. The Balaban J connectivity index is 1.49. The molecule has 0 saturated carbocycles. The van der Waals surface area contributed by atoms with Gasteiger partial charge in [-0.15, -0.1) is 0 Å². The molecule has 2 heterocycles. The molecule has 3 aromatic carbocycles. The number of methoxy groups -OCH3 is 1. The summed E-state index contributed by atoms with van der Waals surface area (Å²) in [5.74, 6) is 0.608. The van der Waals surface area contributed by atoms with E-state index < -0.39 is 0 Å².